The van der Waals surface area contributed by atoms with E-state index in [0.717, 1.165) is 63.3 Å². The van der Waals surface area contributed by atoms with Crippen LogP contribution in [-0.2, 0) is 17.7 Å². The summed E-state index contributed by atoms with van der Waals surface area (Å²) in [6, 6.07) is 5.07. The normalized spacial score (nSPS) is 21.8. The molecule has 2 atom stereocenters. The topological polar surface area (TPSA) is 58.6 Å². The zero-order valence-corrected chi connectivity index (χ0v) is 17.8. The fourth-order valence-corrected chi connectivity index (χ4v) is 4.15. The average molecular weight is 391 g/mol. The Bertz CT molecular complexity index is 694. The summed E-state index contributed by atoms with van der Waals surface area (Å²) < 4.78 is 16.5. The van der Waals surface area contributed by atoms with Crippen molar-refractivity contribution in [1.29, 1.82) is 0 Å². The first-order chi connectivity index (χ1) is 13.6. The van der Waals surface area contributed by atoms with Crippen molar-refractivity contribution in [1.82, 2.24) is 15.1 Å². The van der Waals surface area contributed by atoms with Crippen LogP contribution in [0.4, 0.5) is 0 Å². The molecule has 0 saturated carbocycles. The minimum atomic E-state index is 0.428. The second-order valence-corrected chi connectivity index (χ2v) is 7.59. The Labute approximate surface area is 168 Å². The van der Waals surface area contributed by atoms with Crippen LogP contribution in [0, 0.1) is 0 Å². The van der Waals surface area contributed by atoms with Gasteiger partial charge in [0.1, 0.15) is 0 Å². The van der Waals surface area contributed by atoms with Gasteiger partial charge in [0.25, 0.3) is 0 Å². The SMILES string of the molecule is CN=C(NCC(C)N1CCOCC1C)N1CCc2cc(OC)c(OC)cc2C1. The quantitative estimate of drug-likeness (QED) is 0.611. The fraction of sp³-hybridized carbons (Fsp3) is 0.667. The van der Waals surface area contributed by atoms with Crippen LogP contribution in [0.5, 0.6) is 11.5 Å². The molecular formula is C21H34N4O3. The van der Waals surface area contributed by atoms with Crippen LogP contribution in [0.25, 0.3) is 0 Å². The number of rotatable bonds is 5. The van der Waals surface area contributed by atoms with Gasteiger partial charge in [-0.25, -0.2) is 0 Å². The van der Waals surface area contributed by atoms with E-state index in [2.05, 4.69) is 46.1 Å². The number of methoxy groups -OCH3 is 2. The van der Waals surface area contributed by atoms with Gasteiger partial charge in [0.2, 0.25) is 0 Å². The number of benzene rings is 1. The van der Waals surface area contributed by atoms with Crippen LogP contribution in [0.2, 0.25) is 0 Å². The van der Waals surface area contributed by atoms with Crippen LogP contribution >= 0.6 is 0 Å². The summed E-state index contributed by atoms with van der Waals surface area (Å²) >= 11 is 0. The van der Waals surface area contributed by atoms with Gasteiger partial charge in [0.15, 0.2) is 17.5 Å². The number of hydrogen-bond acceptors (Lipinski definition) is 5. The van der Waals surface area contributed by atoms with Crippen LogP contribution in [0.3, 0.4) is 0 Å². The highest BCUT2D eigenvalue weighted by atomic mass is 16.5. The van der Waals surface area contributed by atoms with Gasteiger partial charge in [0.05, 0.1) is 27.4 Å². The van der Waals surface area contributed by atoms with Crippen molar-refractivity contribution in [2.45, 2.75) is 38.9 Å². The van der Waals surface area contributed by atoms with Crippen molar-refractivity contribution < 1.29 is 14.2 Å². The molecule has 7 nitrogen and oxygen atoms in total. The zero-order valence-electron chi connectivity index (χ0n) is 17.8. The fourth-order valence-electron chi connectivity index (χ4n) is 4.15. The lowest BCUT2D eigenvalue weighted by atomic mass is 9.99. The highest BCUT2D eigenvalue weighted by molar-refractivity contribution is 5.80. The maximum atomic E-state index is 5.56. The second-order valence-electron chi connectivity index (χ2n) is 7.59. The lowest BCUT2D eigenvalue weighted by molar-refractivity contribution is -0.0175. The molecule has 0 spiro atoms. The maximum absolute atomic E-state index is 5.56. The molecule has 0 bridgehead atoms. The van der Waals surface area contributed by atoms with Crippen molar-refractivity contribution in [3.63, 3.8) is 0 Å². The molecule has 0 radical (unpaired) electrons. The van der Waals surface area contributed by atoms with E-state index in [4.69, 9.17) is 14.2 Å². The molecule has 2 aliphatic rings. The van der Waals surface area contributed by atoms with E-state index in [-0.39, 0.29) is 0 Å². The predicted octanol–water partition coefficient (Wildman–Crippen LogP) is 1.75. The lowest BCUT2D eigenvalue weighted by Crippen LogP contribution is -2.53. The first-order valence-corrected chi connectivity index (χ1v) is 10.1. The van der Waals surface area contributed by atoms with Crippen molar-refractivity contribution in [2.24, 2.45) is 4.99 Å². The molecule has 1 saturated heterocycles. The number of morpholine rings is 1. The Kier molecular flexibility index (Phi) is 7.02. The molecule has 2 aliphatic heterocycles. The molecule has 0 aliphatic carbocycles. The molecule has 3 rings (SSSR count). The van der Waals surface area contributed by atoms with Crippen molar-refractivity contribution in [3.8, 4) is 11.5 Å². The average Bonchev–Trinajstić information content (AvgIpc) is 2.73. The van der Waals surface area contributed by atoms with Gasteiger partial charge in [-0.15, -0.1) is 0 Å². The molecule has 1 N–H and O–H groups in total. The molecule has 0 amide bonds. The molecule has 28 heavy (non-hydrogen) atoms. The Hall–Kier alpha value is -1.99. The minimum Gasteiger partial charge on any atom is -0.493 e. The summed E-state index contributed by atoms with van der Waals surface area (Å²) in [5, 5.41) is 3.58. The standard InChI is InChI=1S/C21H34N4O3/c1-15(25-8-9-28-14-16(25)2)12-23-21(22-3)24-7-6-17-10-19(26-4)20(27-5)11-18(17)13-24/h10-11,15-16H,6-9,12-14H2,1-5H3,(H,22,23). The molecule has 0 aromatic heterocycles. The first-order valence-electron chi connectivity index (χ1n) is 10.1. The molecule has 1 fully saturated rings. The van der Waals surface area contributed by atoms with E-state index >= 15 is 0 Å². The van der Waals surface area contributed by atoms with E-state index in [1.54, 1.807) is 14.2 Å². The molecule has 1 aromatic carbocycles. The summed E-state index contributed by atoms with van der Waals surface area (Å²) in [4.78, 5) is 9.34. The second kappa shape index (κ2) is 9.47. The Morgan fingerprint density at radius 1 is 1.25 bits per heavy atom. The zero-order chi connectivity index (χ0) is 20.1. The van der Waals surface area contributed by atoms with Crippen molar-refractivity contribution in [2.75, 3.05) is 54.1 Å². The number of guanidine groups is 1. The van der Waals surface area contributed by atoms with E-state index in [0.29, 0.717) is 12.1 Å². The van der Waals surface area contributed by atoms with E-state index < -0.39 is 0 Å². The van der Waals surface area contributed by atoms with Crippen LogP contribution in [0.15, 0.2) is 17.1 Å². The monoisotopic (exact) mass is 390 g/mol. The molecule has 156 valence electrons. The Morgan fingerprint density at radius 2 is 1.96 bits per heavy atom. The van der Waals surface area contributed by atoms with Crippen molar-refractivity contribution >= 4 is 5.96 Å². The molecule has 1 aromatic rings. The van der Waals surface area contributed by atoms with Gasteiger partial charge in [-0.2, -0.15) is 0 Å². The molecule has 7 heteroatoms. The highest BCUT2D eigenvalue weighted by Gasteiger charge is 2.25. The smallest absolute Gasteiger partial charge is 0.194 e. The summed E-state index contributed by atoms with van der Waals surface area (Å²) in [6.07, 6.45) is 0.965. The van der Waals surface area contributed by atoms with Crippen LogP contribution in [0.1, 0.15) is 25.0 Å². The Morgan fingerprint density at radius 3 is 2.61 bits per heavy atom. The summed E-state index contributed by atoms with van der Waals surface area (Å²) in [7, 11) is 5.22. The summed E-state index contributed by atoms with van der Waals surface area (Å²) in [6.45, 7) is 9.74. The first kappa shape index (κ1) is 20.7. The van der Waals surface area contributed by atoms with Gasteiger partial charge < -0.3 is 24.4 Å². The summed E-state index contributed by atoms with van der Waals surface area (Å²) in [5.74, 6) is 2.53. The van der Waals surface area contributed by atoms with Gasteiger partial charge in [0, 0.05) is 45.3 Å². The number of nitrogens with one attached hydrogen (secondary N) is 1. The molecule has 2 unspecified atom stereocenters. The predicted molar refractivity (Wildman–Crippen MR) is 111 cm³/mol. The van der Waals surface area contributed by atoms with Crippen LogP contribution in [-0.4, -0.2) is 82.0 Å². The lowest BCUT2D eigenvalue weighted by Gasteiger charge is -2.39. The van der Waals surface area contributed by atoms with Gasteiger partial charge in [-0.1, -0.05) is 0 Å². The third kappa shape index (κ3) is 4.52. The van der Waals surface area contributed by atoms with Crippen molar-refractivity contribution in [3.05, 3.63) is 23.3 Å². The van der Waals surface area contributed by atoms with Gasteiger partial charge in [-0.3, -0.25) is 9.89 Å². The largest absolute Gasteiger partial charge is 0.493 e. The maximum Gasteiger partial charge on any atom is 0.194 e. The Balaban J connectivity index is 1.63. The number of aliphatic imine (C=N–C) groups is 1. The van der Waals surface area contributed by atoms with Gasteiger partial charge >= 0.3 is 0 Å². The third-order valence-electron chi connectivity index (χ3n) is 5.77. The summed E-state index contributed by atoms with van der Waals surface area (Å²) in [5.41, 5.74) is 2.58. The van der Waals surface area contributed by atoms with E-state index in [1.165, 1.54) is 11.1 Å². The molecular weight excluding hydrogens is 356 g/mol. The van der Waals surface area contributed by atoms with E-state index in [9.17, 15) is 0 Å². The number of fused-ring (bicyclic) bond motifs is 1. The number of ether oxygens (including phenoxy) is 3. The number of nitrogens with zero attached hydrogens (tertiary/aromatic N) is 3. The minimum absolute atomic E-state index is 0.428. The van der Waals surface area contributed by atoms with Crippen LogP contribution < -0.4 is 14.8 Å². The van der Waals surface area contributed by atoms with Gasteiger partial charge in [-0.05, 0) is 43.5 Å². The third-order valence-corrected chi connectivity index (χ3v) is 5.77. The van der Waals surface area contributed by atoms with E-state index in [1.807, 2.05) is 7.05 Å². The molecule has 2 heterocycles. The highest BCUT2D eigenvalue weighted by Crippen LogP contribution is 2.33. The number of hydrogen-bond donors (Lipinski definition) is 1.